The molecule has 2 rings (SSSR count). The molecule has 1 aliphatic heterocycles. The minimum atomic E-state index is -2.81. The van der Waals surface area contributed by atoms with Crippen LogP contribution < -0.4 is 20.1 Å². The Morgan fingerprint density at radius 2 is 2.05 bits per heavy atom. The van der Waals surface area contributed by atoms with Crippen LogP contribution in [0.5, 0.6) is 11.5 Å². The summed E-state index contributed by atoms with van der Waals surface area (Å²) >= 11 is 0. The number of ether oxygens (including phenoxy) is 2. The average Bonchev–Trinajstić information content (AvgIpc) is 2.84. The fourth-order valence-corrected chi connectivity index (χ4v) is 2.20. The van der Waals surface area contributed by atoms with Crippen molar-refractivity contribution in [1.82, 2.24) is 10.6 Å². The van der Waals surface area contributed by atoms with Crippen molar-refractivity contribution in [3.8, 4) is 11.5 Å². The first kappa shape index (κ1) is 18.4. The van der Waals surface area contributed by atoms with Crippen molar-refractivity contribution in [2.24, 2.45) is 0 Å². The van der Waals surface area contributed by atoms with Crippen molar-refractivity contribution in [1.29, 1.82) is 0 Å². The lowest BCUT2D eigenvalue weighted by Crippen LogP contribution is -2.40. The summed E-state index contributed by atoms with van der Waals surface area (Å²) < 4.78 is 36.3. The van der Waals surface area contributed by atoms with Crippen molar-refractivity contribution in [3.63, 3.8) is 0 Å². The maximum atomic E-state index is 13.0. The number of hydrogen-bond donors (Lipinski definition) is 2. The number of carbonyl (C=O) groups excluding carboxylic acids is 1. The molecule has 124 valence electrons. The quantitative estimate of drug-likeness (QED) is 0.860. The zero-order chi connectivity index (χ0) is 15.5. The Morgan fingerprint density at radius 1 is 1.36 bits per heavy atom. The molecule has 1 unspecified atom stereocenters. The summed E-state index contributed by atoms with van der Waals surface area (Å²) in [6.45, 7) is -0.218. The number of halogens is 3. The lowest BCUT2D eigenvalue weighted by molar-refractivity contribution is -0.123. The Hall–Kier alpha value is -1.60. The van der Waals surface area contributed by atoms with Gasteiger partial charge in [-0.2, -0.15) is 0 Å². The second-order valence-corrected chi connectivity index (χ2v) is 4.90. The van der Waals surface area contributed by atoms with Gasteiger partial charge in [0.1, 0.15) is 0 Å². The van der Waals surface area contributed by atoms with Crippen LogP contribution in [0.1, 0.15) is 12.0 Å². The highest BCUT2D eigenvalue weighted by atomic mass is 35.5. The first-order valence-electron chi connectivity index (χ1n) is 6.55. The SMILES string of the molecule is COc1ccc(CNC(=O)C2CC(F)(F)CN2)cc1OC.Cl. The van der Waals surface area contributed by atoms with E-state index in [1.807, 2.05) is 0 Å². The number of hydrogen-bond acceptors (Lipinski definition) is 4. The predicted molar refractivity (Wildman–Crippen MR) is 80.0 cm³/mol. The molecule has 0 radical (unpaired) electrons. The molecule has 1 heterocycles. The van der Waals surface area contributed by atoms with Crippen LogP contribution in [0.2, 0.25) is 0 Å². The number of benzene rings is 1. The molecule has 1 fully saturated rings. The van der Waals surface area contributed by atoms with Gasteiger partial charge >= 0.3 is 0 Å². The molecular formula is C14H19ClF2N2O3. The van der Waals surface area contributed by atoms with Gasteiger partial charge in [0.25, 0.3) is 5.92 Å². The highest BCUT2D eigenvalue weighted by molar-refractivity contribution is 5.85. The van der Waals surface area contributed by atoms with E-state index in [0.29, 0.717) is 11.5 Å². The van der Waals surface area contributed by atoms with Gasteiger partial charge in [-0.3, -0.25) is 10.1 Å². The zero-order valence-electron chi connectivity index (χ0n) is 12.3. The molecule has 8 heteroatoms. The molecule has 5 nitrogen and oxygen atoms in total. The molecule has 1 atom stereocenters. The summed E-state index contributed by atoms with van der Waals surface area (Å²) in [7, 11) is 3.05. The number of nitrogens with one attached hydrogen (secondary N) is 2. The number of alkyl halides is 2. The summed E-state index contributed by atoms with van der Waals surface area (Å²) in [6.07, 6.45) is -0.467. The Labute approximate surface area is 133 Å². The Morgan fingerprint density at radius 3 is 2.59 bits per heavy atom. The summed E-state index contributed by atoms with van der Waals surface area (Å²) in [5, 5.41) is 5.15. The number of carbonyl (C=O) groups is 1. The van der Waals surface area contributed by atoms with Crippen LogP contribution in [-0.2, 0) is 11.3 Å². The summed E-state index contributed by atoms with van der Waals surface area (Å²) in [4.78, 5) is 11.8. The van der Waals surface area contributed by atoms with Gasteiger partial charge in [0.2, 0.25) is 5.91 Å². The lowest BCUT2D eigenvalue weighted by Gasteiger charge is -2.13. The van der Waals surface area contributed by atoms with Crippen molar-refractivity contribution in [2.45, 2.75) is 24.9 Å². The molecule has 1 aromatic rings. The van der Waals surface area contributed by atoms with Gasteiger partial charge in [0.15, 0.2) is 11.5 Å². The van der Waals surface area contributed by atoms with Gasteiger partial charge in [-0.1, -0.05) is 6.07 Å². The first-order valence-corrected chi connectivity index (χ1v) is 6.55. The van der Waals surface area contributed by atoms with Crippen LogP contribution in [0.3, 0.4) is 0 Å². The minimum absolute atomic E-state index is 0. The van der Waals surface area contributed by atoms with E-state index in [1.54, 1.807) is 18.2 Å². The Balaban J connectivity index is 0.00000242. The highest BCUT2D eigenvalue weighted by Gasteiger charge is 2.42. The molecule has 0 spiro atoms. The normalized spacial score (nSPS) is 19.2. The molecular weight excluding hydrogens is 318 g/mol. The standard InChI is InChI=1S/C14H18F2N2O3.ClH/c1-20-11-4-3-9(5-12(11)21-2)7-17-13(19)10-6-14(15,16)8-18-10;/h3-5,10,18H,6-8H2,1-2H3,(H,17,19);1H. The zero-order valence-corrected chi connectivity index (χ0v) is 13.1. The van der Waals surface area contributed by atoms with Crippen molar-refractivity contribution >= 4 is 18.3 Å². The van der Waals surface area contributed by atoms with Crippen LogP contribution >= 0.6 is 12.4 Å². The molecule has 1 amide bonds. The number of rotatable bonds is 5. The monoisotopic (exact) mass is 336 g/mol. The van der Waals surface area contributed by atoms with Gasteiger partial charge in [0, 0.05) is 13.0 Å². The van der Waals surface area contributed by atoms with Crippen LogP contribution in [0.25, 0.3) is 0 Å². The van der Waals surface area contributed by atoms with E-state index in [4.69, 9.17) is 9.47 Å². The largest absolute Gasteiger partial charge is 0.493 e. The molecule has 0 aliphatic carbocycles. The molecule has 0 saturated carbocycles. The molecule has 2 N–H and O–H groups in total. The smallest absolute Gasteiger partial charge is 0.262 e. The minimum Gasteiger partial charge on any atom is -0.493 e. The van der Waals surface area contributed by atoms with Crippen molar-refractivity contribution in [2.75, 3.05) is 20.8 Å². The first-order chi connectivity index (χ1) is 9.95. The molecule has 0 bridgehead atoms. The van der Waals surface area contributed by atoms with E-state index >= 15 is 0 Å². The topological polar surface area (TPSA) is 59.6 Å². The van der Waals surface area contributed by atoms with Crippen LogP contribution in [0.15, 0.2) is 18.2 Å². The van der Waals surface area contributed by atoms with E-state index in [-0.39, 0.29) is 19.0 Å². The van der Waals surface area contributed by atoms with Gasteiger partial charge in [-0.05, 0) is 17.7 Å². The summed E-state index contributed by atoms with van der Waals surface area (Å²) in [6, 6.07) is 4.39. The van der Waals surface area contributed by atoms with E-state index in [2.05, 4.69) is 10.6 Å². The third kappa shape index (κ3) is 4.45. The van der Waals surface area contributed by atoms with Crippen LogP contribution in [0.4, 0.5) is 8.78 Å². The van der Waals surface area contributed by atoms with Gasteiger partial charge in [-0.25, -0.2) is 8.78 Å². The lowest BCUT2D eigenvalue weighted by atomic mass is 10.1. The van der Waals surface area contributed by atoms with Crippen molar-refractivity contribution in [3.05, 3.63) is 23.8 Å². The fourth-order valence-electron chi connectivity index (χ4n) is 2.20. The predicted octanol–water partition coefficient (Wildman–Crippen LogP) is 1.74. The Bertz CT molecular complexity index is 529. The molecule has 1 saturated heterocycles. The Kier molecular flexibility index (Phi) is 6.37. The molecule has 1 aliphatic rings. The summed E-state index contributed by atoms with van der Waals surface area (Å²) in [5.74, 6) is -2.10. The van der Waals surface area contributed by atoms with E-state index in [1.165, 1.54) is 14.2 Å². The van der Waals surface area contributed by atoms with Gasteiger partial charge in [-0.15, -0.1) is 12.4 Å². The number of amides is 1. The van der Waals surface area contributed by atoms with E-state index < -0.39 is 30.8 Å². The van der Waals surface area contributed by atoms with Crippen LogP contribution in [0, 0.1) is 0 Å². The molecule has 0 aromatic heterocycles. The number of methoxy groups -OCH3 is 2. The van der Waals surface area contributed by atoms with Gasteiger partial charge < -0.3 is 14.8 Å². The van der Waals surface area contributed by atoms with Crippen LogP contribution in [-0.4, -0.2) is 38.6 Å². The highest BCUT2D eigenvalue weighted by Crippen LogP contribution is 2.28. The van der Waals surface area contributed by atoms with Crippen molar-refractivity contribution < 1.29 is 23.0 Å². The van der Waals surface area contributed by atoms with E-state index in [0.717, 1.165) is 5.56 Å². The molecule has 1 aromatic carbocycles. The third-order valence-electron chi connectivity index (χ3n) is 3.34. The maximum absolute atomic E-state index is 13.0. The average molecular weight is 337 g/mol. The third-order valence-corrected chi connectivity index (χ3v) is 3.34. The van der Waals surface area contributed by atoms with E-state index in [9.17, 15) is 13.6 Å². The second kappa shape index (κ2) is 7.60. The second-order valence-electron chi connectivity index (χ2n) is 4.90. The summed E-state index contributed by atoms with van der Waals surface area (Å²) in [5.41, 5.74) is 0.797. The molecule has 22 heavy (non-hydrogen) atoms. The maximum Gasteiger partial charge on any atom is 0.262 e. The fraction of sp³-hybridized carbons (Fsp3) is 0.500. The van der Waals surface area contributed by atoms with Gasteiger partial charge in [0.05, 0.1) is 26.8 Å².